The minimum Gasteiger partial charge on any atom is -0.312 e. The summed E-state index contributed by atoms with van der Waals surface area (Å²) in [7, 11) is 0. The first-order valence-electron chi connectivity index (χ1n) is 7.38. The maximum Gasteiger partial charge on any atom is 0.368 e. The number of non-ortho nitro benzene ring substituents is 1. The van der Waals surface area contributed by atoms with Gasteiger partial charge in [-0.15, -0.1) is 0 Å². The summed E-state index contributed by atoms with van der Waals surface area (Å²) < 4.78 is 0. The second kappa shape index (κ2) is 6.55. The molecule has 2 aromatic rings. The Bertz CT molecular complexity index is 992. The summed E-state index contributed by atoms with van der Waals surface area (Å²) in [5.74, 6) is -0.707. The van der Waals surface area contributed by atoms with Gasteiger partial charge in [-0.25, -0.2) is 4.79 Å². The van der Waals surface area contributed by atoms with E-state index in [1.807, 2.05) is 0 Å². The number of carbonyl (C=O) groups excluding carboxylic acids is 1. The number of nitro groups is 2. The van der Waals surface area contributed by atoms with E-state index in [1.54, 1.807) is 19.1 Å². The van der Waals surface area contributed by atoms with Crippen LogP contribution in [-0.4, -0.2) is 21.5 Å². The van der Waals surface area contributed by atoms with Crippen molar-refractivity contribution in [3.05, 3.63) is 85.0 Å². The molecule has 0 atom stereocenters. The van der Waals surface area contributed by atoms with Crippen molar-refractivity contribution < 1.29 is 19.5 Å². The molecule has 0 aliphatic carbocycles. The Morgan fingerprint density at radius 3 is 2.35 bits per heavy atom. The monoisotopic (exact) mass is 353 g/mol. The Labute approximate surface area is 146 Å². The van der Waals surface area contributed by atoms with E-state index in [4.69, 9.17) is 4.84 Å². The van der Waals surface area contributed by atoms with Gasteiger partial charge in [-0.1, -0.05) is 17.3 Å². The number of rotatable bonds is 4. The highest BCUT2D eigenvalue weighted by atomic mass is 16.7. The Morgan fingerprint density at radius 1 is 1.04 bits per heavy atom. The maximum absolute atomic E-state index is 12.0. The van der Waals surface area contributed by atoms with Gasteiger partial charge in [0.25, 0.3) is 11.4 Å². The first-order valence-corrected chi connectivity index (χ1v) is 7.38. The summed E-state index contributed by atoms with van der Waals surface area (Å²) in [5.41, 5.74) is 1.46. The number of hydrogen-bond acceptors (Lipinski definition) is 7. The lowest BCUT2D eigenvalue weighted by Crippen LogP contribution is -2.07. The summed E-state index contributed by atoms with van der Waals surface area (Å²) in [6.45, 7) is 1.60. The molecule has 0 aromatic heterocycles. The predicted molar refractivity (Wildman–Crippen MR) is 91.5 cm³/mol. The normalized spacial score (nSPS) is 14.9. The van der Waals surface area contributed by atoms with Crippen LogP contribution in [0.4, 0.5) is 11.4 Å². The molecular formula is C17H11N3O6. The van der Waals surface area contributed by atoms with Crippen LogP contribution in [0.1, 0.15) is 16.7 Å². The summed E-state index contributed by atoms with van der Waals surface area (Å²) in [6, 6.07) is 10.0. The highest BCUT2D eigenvalue weighted by molar-refractivity contribution is 6.31. The Kier molecular flexibility index (Phi) is 4.27. The molecule has 0 spiro atoms. The van der Waals surface area contributed by atoms with Gasteiger partial charge in [-0.3, -0.25) is 20.2 Å². The van der Waals surface area contributed by atoms with E-state index in [0.29, 0.717) is 16.7 Å². The van der Waals surface area contributed by atoms with E-state index in [9.17, 15) is 25.0 Å². The third-order valence-electron chi connectivity index (χ3n) is 3.79. The highest BCUT2D eigenvalue weighted by Crippen LogP contribution is 2.26. The third kappa shape index (κ3) is 3.18. The van der Waals surface area contributed by atoms with Gasteiger partial charge in [0.15, 0.2) is 0 Å². The lowest BCUT2D eigenvalue weighted by molar-refractivity contribution is -0.385. The second-order valence-corrected chi connectivity index (χ2v) is 5.48. The van der Waals surface area contributed by atoms with Crippen LogP contribution in [0.15, 0.2) is 53.2 Å². The van der Waals surface area contributed by atoms with Crippen LogP contribution in [0.5, 0.6) is 0 Å². The molecule has 1 heterocycles. The fourth-order valence-corrected chi connectivity index (χ4v) is 2.43. The van der Waals surface area contributed by atoms with Crippen molar-refractivity contribution >= 4 is 29.1 Å². The minimum atomic E-state index is -0.707. The average molecular weight is 353 g/mol. The molecule has 0 saturated carbocycles. The summed E-state index contributed by atoms with van der Waals surface area (Å²) >= 11 is 0. The third-order valence-corrected chi connectivity index (χ3v) is 3.79. The summed E-state index contributed by atoms with van der Waals surface area (Å²) in [4.78, 5) is 37.4. The van der Waals surface area contributed by atoms with Crippen LogP contribution in [0, 0.1) is 27.2 Å². The van der Waals surface area contributed by atoms with Crippen LogP contribution in [0.25, 0.3) is 6.08 Å². The first kappa shape index (κ1) is 17.0. The van der Waals surface area contributed by atoms with Crippen molar-refractivity contribution in [3.8, 4) is 0 Å². The van der Waals surface area contributed by atoms with Crippen LogP contribution < -0.4 is 0 Å². The fourth-order valence-electron chi connectivity index (χ4n) is 2.43. The molecule has 0 amide bonds. The standard InChI is InChI=1S/C17H11N3O6/c1-10-2-5-12(9-15(10)20(24)25)16-14(17(21)26-18-16)8-11-3-6-13(7-4-11)19(22)23/h2-9H,1H3/b14-8-. The van der Waals surface area contributed by atoms with Crippen LogP contribution >= 0.6 is 0 Å². The SMILES string of the molecule is Cc1ccc(C2=NOC(=O)/C2=C\c2ccc([N+](=O)[O-])cc2)cc1[N+](=O)[O-]. The van der Waals surface area contributed by atoms with Crippen LogP contribution in [0.2, 0.25) is 0 Å². The van der Waals surface area contributed by atoms with Crippen molar-refractivity contribution in [3.63, 3.8) is 0 Å². The molecule has 0 fully saturated rings. The largest absolute Gasteiger partial charge is 0.368 e. The Balaban J connectivity index is 2.00. The van der Waals surface area contributed by atoms with Crippen LogP contribution in [-0.2, 0) is 9.63 Å². The molecule has 2 aromatic carbocycles. The van der Waals surface area contributed by atoms with E-state index < -0.39 is 15.8 Å². The van der Waals surface area contributed by atoms with Gasteiger partial charge in [0.1, 0.15) is 5.71 Å². The van der Waals surface area contributed by atoms with Crippen molar-refractivity contribution in [2.45, 2.75) is 6.92 Å². The lowest BCUT2D eigenvalue weighted by atomic mass is 9.99. The van der Waals surface area contributed by atoms with E-state index >= 15 is 0 Å². The van der Waals surface area contributed by atoms with E-state index in [2.05, 4.69) is 5.16 Å². The van der Waals surface area contributed by atoms with Gasteiger partial charge < -0.3 is 4.84 Å². The molecule has 0 saturated heterocycles. The van der Waals surface area contributed by atoms with Crippen molar-refractivity contribution in [2.75, 3.05) is 0 Å². The molecule has 3 rings (SSSR count). The maximum atomic E-state index is 12.0. The zero-order valence-electron chi connectivity index (χ0n) is 13.4. The predicted octanol–water partition coefficient (Wildman–Crippen LogP) is 3.16. The van der Waals surface area contributed by atoms with E-state index in [1.165, 1.54) is 36.4 Å². The zero-order valence-corrected chi connectivity index (χ0v) is 13.4. The molecule has 26 heavy (non-hydrogen) atoms. The number of nitrogens with zero attached hydrogens (tertiary/aromatic N) is 3. The topological polar surface area (TPSA) is 125 Å². The van der Waals surface area contributed by atoms with Gasteiger partial charge in [-0.2, -0.15) is 0 Å². The Morgan fingerprint density at radius 2 is 1.73 bits per heavy atom. The van der Waals surface area contributed by atoms with E-state index in [0.717, 1.165) is 0 Å². The molecule has 1 aliphatic rings. The van der Waals surface area contributed by atoms with E-state index in [-0.39, 0.29) is 22.7 Å². The molecule has 9 heteroatoms. The summed E-state index contributed by atoms with van der Waals surface area (Å²) in [6.07, 6.45) is 1.46. The smallest absolute Gasteiger partial charge is 0.312 e. The van der Waals surface area contributed by atoms with Crippen molar-refractivity contribution in [1.29, 1.82) is 0 Å². The van der Waals surface area contributed by atoms with Crippen molar-refractivity contribution in [1.82, 2.24) is 0 Å². The molecular weight excluding hydrogens is 342 g/mol. The van der Waals surface area contributed by atoms with Gasteiger partial charge >= 0.3 is 5.97 Å². The van der Waals surface area contributed by atoms with Gasteiger partial charge in [0.2, 0.25) is 0 Å². The number of oxime groups is 1. The molecule has 130 valence electrons. The number of hydrogen-bond donors (Lipinski definition) is 0. The second-order valence-electron chi connectivity index (χ2n) is 5.48. The number of nitro benzene ring substituents is 2. The molecule has 0 bridgehead atoms. The quantitative estimate of drug-likeness (QED) is 0.360. The molecule has 0 N–H and O–H groups in total. The average Bonchev–Trinajstić information content (AvgIpc) is 2.96. The summed E-state index contributed by atoms with van der Waals surface area (Å²) in [5, 5.41) is 25.5. The zero-order chi connectivity index (χ0) is 18.8. The lowest BCUT2D eigenvalue weighted by Gasteiger charge is -2.03. The number of aryl methyl sites for hydroxylation is 1. The highest BCUT2D eigenvalue weighted by Gasteiger charge is 2.28. The number of benzene rings is 2. The Hall–Kier alpha value is -3.88. The van der Waals surface area contributed by atoms with Crippen molar-refractivity contribution in [2.24, 2.45) is 5.16 Å². The molecule has 0 radical (unpaired) electrons. The van der Waals surface area contributed by atoms with Gasteiger partial charge in [0, 0.05) is 29.3 Å². The molecule has 1 aliphatic heterocycles. The minimum absolute atomic E-state index is 0.0794. The molecule has 9 nitrogen and oxygen atoms in total. The molecule has 0 unspecified atom stereocenters. The number of carbonyl (C=O) groups is 1. The fraction of sp³-hybridized carbons (Fsp3) is 0.0588. The van der Waals surface area contributed by atoms with Gasteiger partial charge in [-0.05, 0) is 30.7 Å². The van der Waals surface area contributed by atoms with Crippen LogP contribution in [0.3, 0.4) is 0 Å². The van der Waals surface area contributed by atoms with Gasteiger partial charge in [0.05, 0.1) is 15.4 Å². The first-order chi connectivity index (χ1) is 12.4.